The van der Waals surface area contributed by atoms with Crippen LogP contribution in [0.4, 0.5) is 11.4 Å². The van der Waals surface area contributed by atoms with Crippen LogP contribution in [0.15, 0.2) is 110 Å². The number of nitrogens with one attached hydrogen (secondary N) is 1. The first-order chi connectivity index (χ1) is 17.5. The quantitative estimate of drug-likeness (QED) is 0.234. The molecule has 0 radical (unpaired) electrons. The molecule has 1 heterocycles. The maximum atomic E-state index is 12.3. The van der Waals surface area contributed by atoms with Crippen molar-refractivity contribution >= 4 is 45.4 Å². The fourth-order valence-corrected chi connectivity index (χ4v) is 4.55. The summed E-state index contributed by atoms with van der Waals surface area (Å²) < 4.78 is 7.20. The first-order valence-electron chi connectivity index (χ1n) is 11.6. The molecule has 1 aromatic heterocycles. The molecular formula is C31H25ClN2O2. The van der Waals surface area contributed by atoms with Crippen LogP contribution in [0.5, 0.6) is 0 Å². The minimum Gasteiger partial charge on any atom is -0.465 e. The van der Waals surface area contributed by atoms with Crippen LogP contribution in [-0.2, 0) is 11.3 Å². The molecule has 0 bridgehead atoms. The van der Waals surface area contributed by atoms with E-state index in [4.69, 9.17) is 16.3 Å². The van der Waals surface area contributed by atoms with E-state index in [9.17, 15) is 4.79 Å². The monoisotopic (exact) mass is 492 g/mol. The highest BCUT2D eigenvalue weighted by molar-refractivity contribution is 6.31. The molecule has 5 rings (SSSR count). The first kappa shape index (κ1) is 23.5. The lowest BCUT2D eigenvalue weighted by Crippen LogP contribution is -2.05. The van der Waals surface area contributed by atoms with Gasteiger partial charge < -0.3 is 14.6 Å². The van der Waals surface area contributed by atoms with Crippen molar-refractivity contribution in [3.8, 4) is 0 Å². The van der Waals surface area contributed by atoms with Gasteiger partial charge in [0.2, 0.25) is 0 Å². The summed E-state index contributed by atoms with van der Waals surface area (Å²) in [5, 5.41) is 4.91. The third-order valence-corrected chi connectivity index (χ3v) is 6.43. The molecule has 0 atom stereocenters. The maximum Gasteiger partial charge on any atom is 0.340 e. The van der Waals surface area contributed by atoms with Crippen molar-refractivity contribution in [2.75, 3.05) is 12.4 Å². The van der Waals surface area contributed by atoms with E-state index in [-0.39, 0.29) is 0 Å². The molecule has 0 fully saturated rings. The molecule has 5 aromatic rings. The van der Waals surface area contributed by atoms with Gasteiger partial charge in [-0.3, -0.25) is 0 Å². The Balaban J connectivity index is 1.59. The number of fused-ring (bicyclic) bond motifs is 1. The van der Waals surface area contributed by atoms with Gasteiger partial charge in [0.15, 0.2) is 0 Å². The Morgan fingerprint density at radius 3 is 2.36 bits per heavy atom. The lowest BCUT2D eigenvalue weighted by atomic mass is 9.99. The largest absolute Gasteiger partial charge is 0.465 e. The Morgan fingerprint density at radius 1 is 0.917 bits per heavy atom. The number of carbonyl (C=O) groups is 1. The van der Waals surface area contributed by atoms with E-state index in [0.717, 1.165) is 39.8 Å². The number of ether oxygens (including phenoxy) is 1. The van der Waals surface area contributed by atoms with E-state index < -0.39 is 5.97 Å². The van der Waals surface area contributed by atoms with Gasteiger partial charge in [0.1, 0.15) is 0 Å². The Kier molecular flexibility index (Phi) is 6.61. The summed E-state index contributed by atoms with van der Waals surface area (Å²) >= 11 is 6.13. The van der Waals surface area contributed by atoms with E-state index in [1.807, 2.05) is 30.3 Å². The molecule has 4 aromatic carbocycles. The van der Waals surface area contributed by atoms with Crippen molar-refractivity contribution < 1.29 is 9.53 Å². The number of aromatic nitrogens is 1. The van der Waals surface area contributed by atoms with E-state index in [1.165, 1.54) is 12.7 Å². The highest BCUT2D eigenvalue weighted by Crippen LogP contribution is 2.34. The molecule has 0 aliphatic rings. The number of halogens is 1. The van der Waals surface area contributed by atoms with Crippen molar-refractivity contribution in [2.24, 2.45) is 0 Å². The fraction of sp³-hybridized carbons (Fsp3) is 0.0645. The van der Waals surface area contributed by atoms with Gasteiger partial charge in [0.05, 0.1) is 18.4 Å². The van der Waals surface area contributed by atoms with E-state index in [2.05, 4.69) is 71.2 Å². The third-order valence-electron chi connectivity index (χ3n) is 6.19. The molecule has 5 heteroatoms. The van der Waals surface area contributed by atoms with Crippen molar-refractivity contribution in [3.63, 3.8) is 0 Å². The van der Waals surface area contributed by atoms with Crippen molar-refractivity contribution in [1.82, 2.24) is 4.57 Å². The van der Waals surface area contributed by atoms with E-state index in [1.54, 1.807) is 18.2 Å². The number of hydrogen-bond donors (Lipinski definition) is 1. The molecular weight excluding hydrogens is 468 g/mol. The second-order valence-corrected chi connectivity index (χ2v) is 8.98. The fourth-order valence-electron chi connectivity index (χ4n) is 4.38. The molecule has 0 saturated carbocycles. The molecule has 1 N–H and O–H groups in total. The number of anilines is 2. The van der Waals surface area contributed by atoms with Crippen LogP contribution >= 0.6 is 11.6 Å². The van der Waals surface area contributed by atoms with Gasteiger partial charge in [0.25, 0.3) is 0 Å². The molecule has 0 unspecified atom stereocenters. The Labute approximate surface area is 215 Å². The predicted molar refractivity (Wildman–Crippen MR) is 148 cm³/mol. The maximum absolute atomic E-state index is 12.3. The number of benzene rings is 4. The van der Waals surface area contributed by atoms with E-state index in [0.29, 0.717) is 16.3 Å². The van der Waals surface area contributed by atoms with Gasteiger partial charge in [-0.2, -0.15) is 0 Å². The smallest absolute Gasteiger partial charge is 0.340 e. The Hall–Kier alpha value is -4.28. The average Bonchev–Trinajstić information content (AvgIpc) is 3.27. The van der Waals surface area contributed by atoms with Gasteiger partial charge in [-0.25, -0.2) is 4.79 Å². The number of nitrogens with zero attached hydrogens (tertiary/aromatic N) is 1. The normalized spacial score (nSPS) is 10.8. The number of methoxy groups -OCH3 is 1. The minimum atomic E-state index is -0.451. The standard InChI is InChI=1S/C31H25ClN2O2/c1-21(23-11-7-4-8-12-23)28-20-34(19-22-9-5-3-6-10-22)30-16-14-25(18-26(28)30)33-29-15-13-24(32)17-27(29)31(35)36-2/h3-18,20,33H,1,19H2,2H3. The van der Waals surface area contributed by atoms with Crippen LogP contribution < -0.4 is 5.32 Å². The van der Waals surface area contributed by atoms with Crippen LogP contribution in [0, 0.1) is 0 Å². The van der Waals surface area contributed by atoms with E-state index >= 15 is 0 Å². The predicted octanol–water partition coefficient (Wildman–Crippen LogP) is 7.93. The zero-order valence-electron chi connectivity index (χ0n) is 19.9. The van der Waals surface area contributed by atoms with Crippen molar-refractivity contribution in [1.29, 1.82) is 0 Å². The minimum absolute atomic E-state index is 0.376. The van der Waals surface area contributed by atoms with Crippen LogP contribution in [0.1, 0.15) is 27.0 Å². The summed E-state index contributed by atoms with van der Waals surface area (Å²) in [6.07, 6.45) is 2.17. The Bertz CT molecular complexity index is 1560. The summed E-state index contributed by atoms with van der Waals surface area (Å²) in [5.41, 5.74) is 7.23. The SMILES string of the molecule is C=C(c1ccccc1)c1cn(Cc2ccccc2)c2ccc(Nc3ccc(Cl)cc3C(=O)OC)cc12. The van der Waals surface area contributed by atoms with Gasteiger partial charge >= 0.3 is 5.97 Å². The first-order valence-corrected chi connectivity index (χ1v) is 12.0. The number of carbonyl (C=O) groups excluding carboxylic acids is 1. The van der Waals surface area contributed by atoms with Crippen molar-refractivity contribution in [3.05, 3.63) is 137 Å². The molecule has 178 valence electrons. The van der Waals surface area contributed by atoms with Gasteiger partial charge in [-0.15, -0.1) is 0 Å². The average molecular weight is 493 g/mol. The molecule has 0 saturated heterocycles. The highest BCUT2D eigenvalue weighted by Gasteiger charge is 2.16. The van der Waals surface area contributed by atoms with Gasteiger partial charge in [0, 0.05) is 39.9 Å². The summed E-state index contributed by atoms with van der Waals surface area (Å²) in [6, 6.07) is 31.9. The summed E-state index contributed by atoms with van der Waals surface area (Å²) in [7, 11) is 1.36. The lowest BCUT2D eigenvalue weighted by molar-refractivity contribution is 0.0602. The van der Waals surface area contributed by atoms with Crippen LogP contribution in [0.2, 0.25) is 5.02 Å². The number of rotatable bonds is 7. The summed E-state index contributed by atoms with van der Waals surface area (Å²) in [4.78, 5) is 12.3. The van der Waals surface area contributed by atoms with Crippen LogP contribution in [0.25, 0.3) is 16.5 Å². The number of hydrogen-bond acceptors (Lipinski definition) is 3. The number of esters is 1. The highest BCUT2D eigenvalue weighted by atomic mass is 35.5. The molecule has 0 amide bonds. The summed E-state index contributed by atoms with van der Waals surface area (Å²) in [6.45, 7) is 5.17. The molecule has 0 aliphatic heterocycles. The zero-order chi connectivity index (χ0) is 25.1. The molecule has 0 aliphatic carbocycles. The molecule has 4 nitrogen and oxygen atoms in total. The Morgan fingerprint density at radius 2 is 1.64 bits per heavy atom. The van der Waals surface area contributed by atoms with Crippen LogP contribution in [-0.4, -0.2) is 17.6 Å². The lowest BCUT2D eigenvalue weighted by Gasteiger charge is -2.12. The topological polar surface area (TPSA) is 43.3 Å². The van der Waals surface area contributed by atoms with Gasteiger partial charge in [-0.1, -0.05) is 78.8 Å². The third kappa shape index (κ3) is 4.77. The van der Waals surface area contributed by atoms with Gasteiger partial charge in [-0.05, 0) is 53.1 Å². The second-order valence-electron chi connectivity index (χ2n) is 8.54. The second kappa shape index (κ2) is 10.1. The molecule has 36 heavy (non-hydrogen) atoms. The van der Waals surface area contributed by atoms with Crippen molar-refractivity contribution in [2.45, 2.75) is 6.54 Å². The zero-order valence-corrected chi connectivity index (χ0v) is 20.6. The van der Waals surface area contributed by atoms with Crippen LogP contribution in [0.3, 0.4) is 0 Å². The summed E-state index contributed by atoms with van der Waals surface area (Å²) in [5.74, 6) is -0.451. The molecule has 0 spiro atoms.